The number of rotatable bonds is 6. The Morgan fingerprint density at radius 2 is 1.96 bits per heavy atom. The van der Waals surface area contributed by atoms with Crippen LogP contribution >= 0.6 is 0 Å². The van der Waals surface area contributed by atoms with Crippen molar-refractivity contribution in [1.82, 2.24) is 19.6 Å². The number of carboxylic acid groups (broad SMARTS) is 1. The van der Waals surface area contributed by atoms with Crippen LogP contribution in [0.15, 0.2) is 36.7 Å². The molecule has 0 bridgehead atoms. The number of piperazine rings is 1. The third-order valence-electron chi connectivity index (χ3n) is 4.39. The highest BCUT2D eigenvalue weighted by Crippen LogP contribution is 2.12. The fraction of sp³-hybridized carbons (Fsp3) is 0.389. The van der Waals surface area contributed by atoms with Crippen molar-refractivity contribution in [3.8, 4) is 0 Å². The highest BCUT2D eigenvalue weighted by Gasteiger charge is 2.23. The molecular formula is C18H21FN4O3. The molecule has 1 aliphatic heterocycles. The number of aromatic nitrogens is 2. The summed E-state index contributed by atoms with van der Waals surface area (Å²) < 4.78 is 14.7. The first-order valence-electron chi connectivity index (χ1n) is 8.51. The van der Waals surface area contributed by atoms with Crippen LogP contribution in [0.2, 0.25) is 0 Å². The minimum atomic E-state index is -0.900. The van der Waals surface area contributed by atoms with Gasteiger partial charge in [0.05, 0.1) is 24.7 Å². The molecule has 1 aromatic carbocycles. The third kappa shape index (κ3) is 4.66. The van der Waals surface area contributed by atoms with Crippen LogP contribution in [0.4, 0.5) is 4.39 Å². The molecule has 1 aromatic heterocycles. The van der Waals surface area contributed by atoms with Crippen LogP contribution in [0.5, 0.6) is 0 Å². The van der Waals surface area contributed by atoms with Gasteiger partial charge in [0.15, 0.2) is 0 Å². The largest absolute Gasteiger partial charge is 0.481 e. The summed E-state index contributed by atoms with van der Waals surface area (Å²) in [7, 11) is 0. The highest BCUT2D eigenvalue weighted by atomic mass is 19.1. The molecular weight excluding hydrogens is 339 g/mol. The van der Waals surface area contributed by atoms with Crippen molar-refractivity contribution in [1.29, 1.82) is 0 Å². The number of carbonyl (C=O) groups excluding carboxylic acids is 1. The Morgan fingerprint density at radius 3 is 2.65 bits per heavy atom. The molecule has 1 aliphatic rings. The van der Waals surface area contributed by atoms with E-state index in [-0.39, 0.29) is 24.7 Å². The Hall–Kier alpha value is -2.74. The zero-order valence-electron chi connectivity index (χ0n) is 14.3. The van der Waals surface area contributed by atoms with E-state index in [1.807, 2.05) is 6.07 Å². The van der Waals surface area contributed by atoms with Crippen LogP contribution in [0, 0.1) is 5.82 Å². The maximum absolute atomic E-state index is 13.3. The van der Waals surface area contributed by atoms with Gasteiger partial charge in [0.2, 0.25) is 0 Å². The van der Waals surface area contributed by atoms with Crippen molar-refractivity contribution in [3.05, 3.63) is 53.6 Å². The van der Waals surface area contributed by atoms with Crippen LogP contribution in [0.3, 0.4) is 0 Å². The van der Waals surface area contributed by atoms with Crippen molar-refractivity contribution in [2.24, 2.45) is 0 Å². The fourth-order valence-electron chi connectivity index (χ4n) is 2.99. The Morgan fingerprint density at radius 1 is 1.19 bits per heavy atom. The van der Waals surface area contributed by atoms with Gasteiger partial charge in [0.25, 0.3) is 5.91 Å². The molecule has 7 nitrogen and oxygen atoms in total. The first-order chi connectivity index (χ1) is 12.5. The van der Waals surface area contributed by atoms with Gasteiger partial charge in [-0.3, -0.25) is 19.2 Å². The molecule has 1 fully saturated rings. The lowest BCUT2D eigenvalue weighted by atomic mass is 10.2. The number of aryl methyl sites for hydroxylation is 1. The van der Waals surface area contributed by atoms with Gasteiger partial charge in [-0.25, -0.2) is 4.39 Å². The summed E-state index contributed by atoms with van der Waals surface area (Å²) in [6.07, 6.45) is 3.03. The summed E-state index contributed by atoms with van der Waals surface area (Å²) in [5, 5.41) is 12.7. The molecule has 0 radical (unpaired) electrons. The standard InChI is InChI=1S/C18H21FN4O3/c19-16-3-1-2-14(10-16)12-21-6-8-22(9-7-21)18(26)15-11-20-23(13-15)5-4-17(24)25/h1-3,10-11,13H,4-9,12H2,(H,24,25). The van der Waals surface area contributed by atoms with Crippen molar-refractivity contribution in [3.63, 3.8) is 0 Å². The van der Waals surface area contributed by atoms with E-state index in [4.69, 9.17) is 5.11 Å². The smallest absolute Gasteiger partial charge is 0.305 e. The van der Waals surface area contributed by atoms with E-state index in [0.717, 1.165) is 18.7 Å². The molecule has 0 atom stereocenters. The Labute approximate surface area is 150 Å². The minimum Gasteiger partial charge on any atom is -0.481 e. The summed E-state index contributed by atoms with van der Waals surface area (Å²) in [5.41, 5.74) is 1.39. The monoisotopic (exact) mass is 360 g/mol. The van der Waals surface area contributed by atoms with Gasteiger partial charge in [0, 0.05) is 38.9 Å². The van der Waals surface area contributed by atoms with E-state index in [9.17, 15) is 14.0 Å². The number of halogens is 1. The quantitative estimate of drug-likeness (QED) is 0.844. The van der Waals surface area contributed by atoms with Crippen molar-refractivity contribution >= 4 is 11.9 Å². The van der Waals surface area contributed by atoms with Gasteiger partial charge in [0.1, 0.15) is 5.82 Å². The maximum Gasteiger partial charge on any atom is 0.305 e. The normalized spacial score (nSPS) is 15.2. The number of amides is 1. The predicted octanol–water partition coefficient (Wildman–Crippen LogP) is 1.45. The summed E-state index contributed by atoms with van der Waals surface area (Å²) in [4.78, 5) is 27.1. The Balaban J connectivity index is 1.51. The van der Waals surface area contributed by atoms with Gasteiger partial charge < -0.3 is 10.0 Å². The van der Waals surface area contributed by atoms with Crippen molar-refractivity contribution in [2.75, 3.05) is 26.2 Å². The van der Waals surface area contributed by atoms with Gasteiger partial charge in [-0.05, 0) is 17.7 Å². The predicted molar refractivity (Wildman–Crippen MR) is 92.1 cm³/mol. The molecule has 0 unspecified atom stereocenters. The maximum atomic E-state index is 13.3. The molecule has 138 valence electrons. The van der Waals surface area contributed by atoms with Gasteiger partial charge >= 0.3 is 5.97 Å². The molecule has 3 rings (SSSR count). The second kappa shape index (κ2) is 8.09. The number of carboxylic acids is 1. The number of nitrogens with zero attached hydrogens (tertiary/aromatic N) is 4. The van der Waals surface area contributed by atoms with E-state index in [1.54, 1.807) is 17.2 Å². The summed E-state index contributed by atoms with van der Waals surface area (Å²) in [6.45, 7) is 3.52. The lowest BCUT2D eigenvalue weighted by Crippen LogP contribution is -2.48. The lowest BCUT2D eigenvalue weighted by Gasteiger charge is -2.34. The lowest BCUT2D eigenvalue weighted by molar-refractivity contribution is -0.137. The first-order valence-corrected chi connectivity index (χ1v) is 8.51. The van der Waals surface area contributed by atoms with E-state index in [0.29, 0.717) is 25.2 Å². The van der Waals surface area contributed by atoms with Crippen molar-refractivity contribution < 1.29 is 19.1 Å². The Kier molecular flexibility index (Phi) is 5.62. The van der Waals surface area contributed by atoms with Gasteiger partial charge in [-0.15, -0.1) is 0 Å². The fourth-order valence-corrected chi connectivity index (χ4v) is 2.99. The third-order valence-corrected chi connectivity index (χ3v) is 4.39. The van der Waals surface area contributed by atoms with Gasteiger partial charge in [-0.1, -0.05) is 12.1 Å². The molecule has 26 heavy (non-hydrogen) atoms. The molecule has 0 spiro atoms. The SMILES string of the molecule is O=C(O)CCn1cc(C(=O)N2CCN(Cc3cccc(F)c3)CC2)cn1. The number of hydrogen-bond acceptors (Lipinski definition) is 4. The first kappa shape index (κ1) is 18.1. The average molecular weight is 360 g/mol. The van der Waals surface area contributed by atoms with E-state index >= 15 is 0 Å². The summed E-state index contributed by atoms with van der Waals surface area (Å²) >= 11 is 0. The zero-order chi connectivity index (χ0) is 18.5. The number of aliphatic carboxylic acids is 1. The molecule has 8 heteroatoms. The van der Waals surface area contributed by atoms with E-state index in [2.05, 4.69) is 10.00 Å². The topological polar surface area (TPSA) is 78.7 Å². The van der Waals surface area contributed by atoms with Crippen LogP contribution in [0.25, 0.3) is 0 Å². The molecule has 0 saturated carbocycles. The van der Waals surface area contributed by atoms with Gasteiger partial charge in [-0.2, -0.15) is 5.10 Å². The van der Waals surface area contributed by atoms with E-state index in [1.165, 1.54) is 23.0 Å². The molecule has 0 aliphatic carbocycles. The highest BCUT2D eigenvalue weighted by molar-refractivity contribution is 5.93. The van der Waals surface area contributed by atoms with Crippen LogP contribution in [-0.2, 0) is 17.9 Å². The molecule has 1 saturated heterocycles. The molecule has 1 amide bonds. The molecule has 2 heterocycles. The number of carbonyl (C=O) groups is 2. The molecule has 2 aromatic rings. The number of benzene rings is 1. The second-order valence-electron chi connectivity index (χ2n) is 6.33. The van der Waals surface area contributed by atoms with Crippen LogP contribution in [0.1, 0.15) is 22.3 Å². The second-order valence-corrected chi connectivity index (χ2v) is 6.33. The van der Waals surface area contributed by atoms with Crippen LogP contribution < -0.4 is 0 Å². The van der Waals surface area contributed by atoms with E-state index < -0.39 is 5.97 Å². The molecule has 1 N–H and O–H groups in total. The minimum absolute atomic E-state index is 0.0337. The Bertz CT molecular complexity index is 784. The number of hydrogen-bond donors (Lipinski definition) is 1. The summed E-state index contributed by atoms with van der Waals surface area (Å²) in [5.74, 6) is -1.24. The van der Waals surface area contributed by atoms with Crippen LogP contribution in [-0.4, -0.2) is 62.7 Å². The summed E-state index contributed by atoms with van der Waals surface area (Å²) in [6, 6.07) is 6.55. The van der Waals surface area contributed by atoms with Crippen molar-refractivity contribution in [2.45, 2.75) is 19.5 Å². The zero-order valence-corrected chi connectivity index (χ0v) is 14.3. The average Bonchev–Trinajstić information content (AvgIpc) is 3.09.